The summed E-state index contributed by atoms with van der Waals surface area (Å²) >= 11 is 0. The summed E-state index contributed by atoms with van der Waals surface area (Å²) < 4.78 is 67.2. The Morgan fingerprint density at radius 3 is 1.73 bits per heavy atom. The van der Waals surface area contributed by atoms with Crippen molar-refractivity contribution in [3.8, 4) is 0 Å². The number of hydrogen-bond donors (Lipinski definition) is 12. The molecule has 4 aliphatic heterocycles. The summed E-state index contributed by atoms with van der Waals surface area (Å²) in [5.74, 6) is -4.56. The van der Waals surface area contributed by atoms with Gasteiger partial charge in [-0.05, 0) is 124 Å². The molecule has 5 aliphatic carbocycles. The summed E-state index contributed by atoms with van der Waals surface area (Å²) in [5.41, 5.74) is -3.54. The largest absolute Gasteiger partial charge is 0.479 e. The van der Waals surface area contributed by atoms with Gasteiger partial charge in [0.15, 0.2) is 43.5 Å². The molecule has 92 heavy (non-hydrogen) atoms. The number of aliphatic hydroxyl groups excluding tert-OH is 11. The number of fused-ring (bicyclic) bond motifs is 7. The van der Waals surface area contributed by atoms with Crippen molar-refractivity contribution < 1.29 is 133 Å². The average molecular weight is 1310 g/mol. The maximum Gasteiger partial charge on any atom is 0.335 e. The van der Waals surface area contributed by atoms with Gasteiger partial charge in [0.25, 0.3) is 0 Å². The molecule has 0 spiro atoms. The van der Waals surface area contributed by atoms with Gasteiger partial charge in [-0.25, -0.2) is 14.4 Å². The van der Waals surface area contributed by atoms with Gasteiger partial charge in [-0.1, -0.05) is 72.3 Å². The quantitative estimate of drug-likeness (QED) is 0.0314. The summed E-state index contributed by atoms with van der Waals surface area (Å²) in [6.45, 7) is 21.8. The maximum atomic E-state index is 13.4. The molecule has 4 heterocycles. The molecule has 522 valence electrons. The normalized spacial score (nSPS) is 48.4. The minimum absolute atomic E-state index is 0.0439. The van der Waals surface area contributed by atoms with Gasteiger partial charge in [0.05, 0.1) is 49.1 Å². The van der Waals surface area contributed by atoms with Crippen molar-refractivity contribution in [3.05, 3.63) is 34.9 Å². The second-order valence-electron chi connectivity index (χ2n) is 29.4. The Balaban J connectivity index is 1.01. The second-order valence-corrected chi connectivity index (χ2v) is 29.4. The first-order valence-electron chi connectivity index (χ1n) is 32.3. The smallest absolute Gasteiger partial charge is 0.335 e. The fourth-order valence-corrected chi connectivity index (χ4v) is 17.8. The third-order valence-corrected chi connectivity index (χ3v) is 23.6. The number of esters is 3. The molecule has 0 aromatic rings. The van der Waals surface area contributed by atoms with E-state index in [4.69, 9.17) is 52.1 Å². The monoisotopic (exact) mass is 1310 g/mol. The fourth-order valence-electron chi connectivity index (χ4n) is 17.8. The van der Waals surface area contributed by atoms with Crippen LogP contribution in [-0.2, 0) is 71.3 Å². The van der Waals surface area contributed by atoms with Gasteiger partial charge in [0.1, 0.15) is 73.8 Å². The predicted octanol–water partition coefficient (Wildman–Crippen LogP) is 0.715. The lowest BCUT2D eigenvalue weighted by molar-refractivity contribution is -0.386. The van der Waals surface area contributed by atoms with Crippen molar-refractivity contribution in [2.24, 2.45) is 50.2 Å². The Labute approximate surface area is 535 Å². The molecule has 27 heteroatoms. The molecular weight excluding hydrogens is 1210 g/mol. The van der Waals surface area contributed by atoms with Gasteiger partial charge in [-0.15, -0.1) is 0 Å². The molecule has 12 N–H and O–H groups in total. The van der Waals surface area contributed by atoms with E-state index in [0.717, 1.165) is 5.57 Å². The van der Waals surface area contributed by atoms with Crippen LogP contribution in [0.15, 0.2) is 34.9 Å². The van der Waals surface area contributed by atoms with Crippen LogP contribution in [0.4, 0.5) is 0 Å². The molecule has 0 amide bonds. The van der Waals surface area contributed by atoms with Crippen LogP contribution < -0.4 is 0 Å². The minimum atomic E-state index is -2.13. The van der Waals surface area contributed by atoms with Crippen LogP contribution in [0.2, 0.25) is 0 Å². The van der Waals surface area contributed by atoms with Gasteiger partial charge < -0.3 is 113 Å². The topological polar surface area (TPSA) is 413 Å². The lowest BCUT2D eigenvalue weighted by Crippen LogP contribution is -2.72. The van der Waals surface area contributed by atoms with Crippen LogP contribution in [0.5, 0.6) is 0 Å². The van der Waals surface area contributed by atoms with Crippen LogP contribution in [0, 0.1) is 50.2 Å². The van der Waals surface area contributed by atoms with Crippen LogP contribution >= 0.6 is 0 Å². The van der Waals surface area contributed by atoms with Gasteiger partial charge in [0, 0.05) is 18.1 Å². The zero-order chi connectivity index (χ0) is 68.0. The van der Waals surface area contributed by atoms with Crippen LogP contribution in [0.1, 0.15) is 135 Å². The van der Waals surface area contributed by atoms with Crippen LogP contribution in [0.25, 0.3) is 0 Å². The van der Waals surface area contributed by atoms with Crippen molar-refractivity contribution in [1.29, 1.82) is 0 Å². The molecule has 9 aliphatic rings. The van der Waals surface area contributed by atoms with Crippen LogP contribution in [0.3, 0.4) is 0 Å². The first-order valence-corrected chi connectivity index (χ1v) is 32.3. The Morgan fingerprint density at radius 2 is 1.16 bits per heavy atom. The van der Waals surface area contributed by atoms with Gasteiger partial charge in [-0.3, -0.25) is 4.79 Å². The summed E-state index contributed by atoms with van der Waals surface area (Å²) in [6, 6.07) is 0. The van der Waals surface area contributed by atoms with E-state index in [1.807, 2.05) is 27.7 Å². The van der Waals surface area contributed by atoms with Gasteiger partial charge >= 0.3 is 23.9 Å². The molecule has 0 aromatic heterocycles. The summed E-state index contributed by atoms with van der Waals surface area (Å²) in [4.78, 5) is 52.4. The molecule has 10 unspecified atom stereocenters. The van der Waals surface area contributed by atoms with E-state index >= 15 is 0 Å². The molecule has 0 bridgehead atoms. The van der Waals surface area contributed by atoms with Crippen LogP contribution in [-0.4, -0.2) is 246 Å². The minimum Gasteiger partial charge on any atom is -0.479 e. The lowest BCUT2D eigenvalue weighted by atomic mass is 9.33. The molecule has 4 saturated carbocycles. The van der Waals surface area contributed by atoms with Gasteiger partial charge in [-0.2, -0.15) is 0 Å². The zero-order valence-corrected chi connectivity index (χ0v) is 54.8. The molecule has 0 radical (unpaired) electrons. The summed E-state index contributed by atoms with van der Waals surface area (Å²) in [7, 11) is 0. The predicted molar refractivity (Wildman–Crippen MR) is 316 cm³/mol. The Morgan fingerprint density at radius 1 is 0.609 bits per heavy atom. The first kappa shape index (κ1) is 72.6. The highest BCUT2D eigenvalue weighted by Gasteiger charge is 2.74. The highest BCUT2D eigenvalue weighted by atomic mass is 16.8. The third-order valence-electron chi connectivity index (χ3n) is 23.6. The number of aliphatic hydroxyl groups is 11. The van der Waals surface area contributed by atoms with Crippen molar-refractivity contribution in [1.82, 2.24) is 0 Å². The van der Waals surface area contributed by atoms with Gasteiger partial charge in [0.2, 0.25) is 0 Å². The van der Waals surface area contributed by atoms with E-state index in [1.54, 1.807) is 33.8 Å². The van der Waals surface area contributed by atoms with E-state index in [1.165, 1.54) is 19.9 Å². The number of hydrogen-bond acceptors (Lipinski definition) is 26. The highest BCUT2D eigenvalue weighted by Crippen LogP contribution is 2.76. The van der Waals surface area contributed by atoms with E-state index < -0.39 is 223 Å². The second kappa shape index (κ2) is 27.0. The van der Waals surface area contributed by atoms with Crippen molar-refractivity contribution in [3.63, 3.8) is 0 Å². The van der Waals surface area contributed by atoms with E-state index in [0.29, 0.717) is 32.1 Å². The number of allylic oxidation sites excluding steroid dienone is 4. The molecule has 4 saturated heterocycles. The molecule has 27 nitrogen and oxygen atoms in total. The number of rotatable bonds is 17. The Kier molecular flexibility index (Phi) is 21.3. The van der Waals surface area contributed by atoms with E-state index in [9.17, 15) is 80.5 Å². The SMILES string of the molecule is CC=C(C)C(=O)O[C@@H]1C(O)[C@H](O[C@H]2[C@H](O)[C@@]3(COC(C)=O)C(CC2(C)C)C2=CCC4[C@@]5(C)CC[C@H](O[C@@H]6OC(C(=O)O)[C@@H](O)[C@@H](O[C@@H]7O[C@@H](CO)C(O)[C@@H]7O)C6O[C@@H]6OC(CO)[C@H](O)[C@@H](O)C6O)C(C)(C)C5CC[C@@]4(C)[C@]2(C)C[C@H]3O)OC(C)[C@@H]1OC(=O)C(C)=CC. The highest BCUT2D eigenvalue weighted by molar-refractivity contribution is 5.88. The van der Waals surface area contributed by atoms with E-state index in [2.05, 4.69) is 26.8 Å². The lowest BCUT2D eigenvalue weighted by Gasteiger charge is -2.72. The molecular formula is C65H100O27. The zero-order valence-electron chi connectivity index (χ0n) is 54.8. The summed E-state index contributed by atoms with van der Waals surface area (Å²) in [5, 5.41) is 135. The molecule has 30 atom stereocenters. The number of carboxylic acid groups (broad SMARTS) is 1. The van der Waals surface area contributed by atoms with Crippen molar-refractivity contribution in [2.45, 2.75) is 276 Å². The fraction of sp³-hybridized carbons (Fsp3) is 0.846. The number of aliphatic carboxylic acids is 1. The van der Waals surface area contributed by atoms with E-state index in [-0.39, 0.29) is 35.8 Å². The first-order chi connectivity index (χ1) is 42.9. The maximum absolute atomic E-state index is 13.4. The number of carboxylic acids is 1. The van der Waals surface area contributed by atoms with Crippen molar-refractivity contribution in [2.75, 3.05) is 19.8 Å². The summed E-state index contributed by atoms with van der Waals surface area (Å²) in [6.07, 6.45) is -29.1. The standard InChI is InChI=1S/C65H100O27/c1-14-27(3)54(80)87-46-29(5)83-58(45(76)48(46)88-55(81)28(4)15-2)92-52-51(77)65(26-82-30(6)68)32(22-60(52,7)8)31-16-17-36-62(11)20-19-38(61(9,10)35(62)18-21-63(36,12)64(31,13)23-37(65)69)86-59-50(91-57-43(74)41(72)39(70)33(24-66)84-57)47(44(75)49(90-59)53(78)79)89-56-42(73)40(71)34(25-67)85-56/h14-16,29,32-52,56-59,66-67,69-77H,17-26H2,1-13H3,(H,78,79)/t29?,32?,33?,34-,35?,36?,37+,38-,39-,40?,41+,42-,43?,44-,45?,46-,47+,48+,49?,50?,51-,52-,56-,57-,58-,59+,62-,63+,64+,65-/m0/s1. The molecule has 0 aromatic carbocycles. The average Bonchev–Trinajstić information content (AvgIpc) is 0.773. The third kappa shape index (κ3) is 12.3. The Hall–Kier alpha value is -3.66. The number of ether oxygens (including phenoxy) is 11. The molecule has 9 rings (SSSR count). The number of carbonyl (C=O) groups is 4. The Bertz CT molecular complexity index is 2790. The molecule has 8 fully saturated rings. The van der Waals surface area contributed by atoms with Crippen molar-refractivity contribution >= 4 is 23.9 Å². The number of carbonyl (C=O) groups excluding carboxylic acids is 3.